The zero-order chi connectivity index (χ0) is 11.7. The van der Waals surface area contributed by atoms with Gasteiger partial charge in [0.1, 0.15) is 5.82 Å². The van der Waals surface area contributed by atoms with Crippen LogP contribution in [0.25, 0.3) is 0 Å². The van der Waals surface area contributed by atoms with Gasteiger partial charge in [-0.1, -0.05) is 0 Å². The Kier molecular flexibility index (Phi) is 3.70. The Bertz CT molecular complexity index is 379. The lowest BCUT2D eigenvalue weighted by atomic mass is 10.2. The zero-order valence-corrected chi connectivity index (χ0v) is 11.8. The Hall–Kier alpha value is -0.350. The zero-order valence-electron chi connectivity index (χ0n) is 9.45. The van der Waals surface area contributed by atoms with Crippen molar-refractivity contribution in [1.82, 2.24) is 9.97 Å². The van der Waals surface area contributed by atoms with Crippen molar-refractivity contribution in [2.45, 2.75) is 32.7 Å². The average Bonchev–Trinajstić information content (AvgIpc) is 3.02. The monoisotopic (exact) mass is 303 g/mol. The van der Waals surface area contributed by atoms with Crippen LogP contribution in [0.5, 0.6) is 0 Å². The SMILES string of the molecule is CC(C)N(CC1CC1)c1nc(Cl)ncc1Br. The first kappa shape index (κ1) is 12.1. The Labute approximate surface area is 109 Å². The molecule has 1 aromatic rings. The smallest absolute Gasteiger partial charge is 0.224 e. The van der Waals surface area contributed by atoms with Crippen LogP contribution in [-0.4, -0.2) is 22.6 Å². The lowest BCUT2D eigenvalue weighted by Gasteiger charge is -2.28. The van der Waals surface area contributed by atoms with E-state index in [2.05, 4.69) is 44.6 Å². The maximum absolute atomic E-state index is 5.85. The van der Waals surface area contributed by atoms with Crippen molar-refractivity contribution < 1.29 is 0 Å². The quantitative estimate of drug-likeness (QED) is 0.797. The first-order chi connectivity index (χ1) is 7.58. The van der Waals surface area contributed by atoms with Crippen LogP contribution in [0.1, 0.15) is 26.7 Å². The first-order valence-electron chi connectivity index (χ1n) is 5.52. The average molecular weight is 305 g/mol. The van der Waals surface area contributed by atoms with Gasteiger partial charge in [0, 0.05) is 18.8 Å². The minimum absolute atomic E-state index is 0.305. The van der Waals surface area contributed by atoms with Gasteiger partial charge in [-0.3, -0.25) is 0 Å². The number of aromatic nitrogens is 2. The van der Waals surface area contributed by atoms with Gasteiger partial charge in [0.05, 0.1) is 4.47 Å². The third-order valence-corrected chi connectivity index (χ3v) is 3.48. The summed E-state index contributed by atoms with van der Waals surface area (Å²) >= 11 is 9.33. The predicted molar refractivity (Wildman–Crippen MR) is 69.9 cm³/mol. The van der Waals surface area contributed by atoms with Crippen molar-refractivity contribution in [2.75, 3.05) is 11.4 Å². The molecule has 2 rings (SSSR count). The molecule has 0 amide bonds. The molecule has 0 radical (unpaired) electrons. The van der Waals surface area contributed by atoms with Crippen molar-refractivity contribution in [3.63, 3.8) is 0 Å². The number of nitrogens with zero attached hydrogens (tertiary/aromatic N) is 3. The molecule has 3 nitrogen and oxygen atoms in total. The molecule has 1 fully saturated rings. The molecule has 0 spiro atoms. The molecule has 1 saturated carbocycles. The van der Waals surface area contributed by atoms with Crippen molar-refractivity contribution in [3.8, 4) is 0 Å². The lowest BCUT2D eigenvalue weighted by Crippen LogP contribution is -2.33. The Morgan fingerprint density at radius 1 is 1.56 bits per heavy atom. The molecule has 0 N–H and O–H groups in total. The van der Waals surface area contributed by atoms with Crippen LogP contribution in [0, 0.1) is 5.92 Å². The van der Waals surface area contributed by atoms with Crippen LogP contribution in [0.15, 0.2) is 10.7 Å². The maximum atomic E-state index is 5.85. The summed E-state index contributed by atoms with van der Waals surface area (Å²) in [5, 5.41) is 0.305. The Balaban J connectivity index is 2.25. The molecule has 0 bridgehead atoms. The number of hydrogen-bond donors (Lipinski definition) is 0. The summed E-state index contributed by atoms with van der Waals surface area (Å²) in [5.74, 6) is 1.73. The highest BCUT2D eigenvalue weighted by Crippen LogP contribution is 2.34. The standard InChI is InChI=1S/C11H15BrClN3/c1-7(2)16(6-8-3-4-8)10-9(12)5-14-11(13)15-10/h5,7-8H,3-4,6H2,1-2H3. The topological polar surface area (TPSA) is 29.0 Å². The van der Waals surface area contributed by atoms with E-state index in [-0.39, 0.29) is 0 Å². The molecule has 0 atom stereocenters. The van der Waals surface area contributed by atoms with Gasteiger partial charge >= 0.3 is 0 Å². The number of rotatable bonds is 4. The molecule has 1 aromatic heterocycles. The summed E-state index contributed by atoms with van der Waals surface area (Å²) in [6.45, 7) is 5.40. The highest BCUT2D eigenvalue weighted by molar-refractivity contribution is 9.10. The molecule has 0 unspecified atom stereocenters. The second-order valence-electron chi connectivity index (χ2n) is 4.50. The normalized spacial score (nSPS) is 15.6. The maximum Gasteiger partial charge on any atom is 0.224 e. The molecule has 1 heterocycles. The van der Waals surface area contributed by atoms with E-state index in [1.54, 1.807) is 6.20 Å². The van der Waals surface area contributed by atoms with Crippen LogP contribution >= 0.6 is 27.5 Å². The van der Waals surface area contributed by atoms with Gasteiger partial charge in [0.2, 0.25) is 5.28 Å². The van der Waals surface area contributed by atoms with E-state index in [9.17, 15) is 0 Å². The van der Waals surface area contributed by atoms with E-state index in [0.29, 0.717) is 11.3 Å². The molecule has 0 aliphatic heterocycles. The summed E-state index contributed by atoms with van der Waals surface area (Å²) in [4.78, 5) is 10.6. The first-order valence-corrected chi connectivity index (χ1v) is 6.69. The molecule has 0 aromatic carbocycles. The number of anilines is 1. The summed E-state index contributed by atoms with van der Waals surface area (Å²) in [6, 6.07) is 0.419. The van der Waals surface area contributed by atoms with Crippen LogP contribution in [0.2, 0.25) is 5.28 Å². The summed E-state index contributed by atoms with van der Waals surface area (Å²) < 4.78 is 0.909. The third-order valence-electron chi connectivity index (χ3n) is 2.74. The van der Waals surface area contributed by atoms with Crippen LogP contribution in [-0.2, 0) is 0 Å². The van der Waals surface area contributed by atoms with Gasteiger partial charge in [-0.25, -0.2) is 4.98 Å². The fourth-order valence-corrected chi connectivity index (χ4v) is 2.21. The van der Waals surface area contributed by atoms with E-state index >= 15 is 0 Å². The Morgan fingerprint density at radius 3 is 2.81 bits per heavy atom. The molecular formula is C11H15BrClN3. The van der Waals surface area contributed by atoms with Crippen molar-refractivity contribution in [1.29, 1.82) is 0 Å². The fourth-order valence-electron chi connectivity index (χ4n) is 1.66. The summed E-state index contributed by atoms with van der Waals surface area (Å²) in [5.41, 5.74) is 0. The van der Waals surface area contributed by atoms with E-state index in [1.807, 2.05) is 0 Å². The largest absolute Gasteiger partial charge is 0.353 e. The Morgan fingerprint density at radius 2 is 2.25 bits per heavy atom. The second-order valence-corrected chi connectivity index (χ2v) is 5.69. The molecule has 1 aliphatic rings. The minimum atomic E-state index is 0.305. The van der Waals surface area contributed by atoms with Crippen molar-refractivity contribution >= 4 is 33.3 Å². The third kappa shape index (κ3) is 2.86. The predicted octanol–water partition coefficient (Wildman–Crippen LogP) is 3.52. The highest BCUT2D eigenvalue weighted by Gasteiger charge is 2.27. The van der Waals surface area contributed by atoms with E-state index in [4.69, 9.17) is 11.6 Å². The van der Waals surface area contributed by atoms with Crippen LogP contribution in [0.3, 0.4) is 0 Å². The van der Waals surface area contributed by atoms with Crippen LogP contribution in [0.4, 0.5) is 5.82 Å². The van der Waals surface area contributed by atoms with E-state index < -0.39 is 0 Å². The van der Waals surface area contributed by atoms with Crippen molar-refractivity contribution in [3.05, 3.63) is 16.0 Å². The molecule has 16 heavy (non-hydrogen) atoms. The number of hydrogen-bond acceptors (Lipinski definition) is 3. The fraction of sp³-hybridized carbons (Fsp3) is 0.636. The second kappa shape index (κ2) is 4.88. The van der Waals surface area contributed by atoms with Crippen molar-refractivity contribution in [2.24, 2.45) is 5.92 Å². The minimum Gasteiger partial charge on any atom is -0.353 e. The molecule has 5 heteroatoms. The number of halogens is 2. The van der Waals surface area contributed by atoms with Gasteiger partial charge in [-0.15, -0.1) is 0 Å². The lowest BCUT2D eigenvalue weighted by molar-refractivity contribution is 0.634. The molecule has 0 saturated heterocycles. The van der Waals surface area contributed by atoms with Gasteiger partial charge in [-0.2, -0.15) is 4.98 Å². The van der Waals surface area contributed by atoms with E-state index in [1.165, 1.54) is 12.8 Å². The summed E-state index contributed by atoms with van der Waals surface area (Å²) in [7, 11) is 0. The van der Waals surface area contributed by atoms with Gasteiger partial charge < -0.3 is 4.90 Å². The molecule has 88 valence electrons. The van der Waals surface area contributed by atoms with Crippen LogP contribution < -0.4 is 4.90 Å². The van der Waals surface area contributed by atoms with E-state index in [0.717, 1.165) is 22.8 Å². The summed E-state index contributed by atoms with van der Waals surface area (Å²) in [6.07, 6.45) is 4.38. The molecular weight excluding hydrogens is 289 g/mol. The molecule has 1 aliphatic carbocycles. The van der Waals surface area contributed by atoms with Gasteiger partial charge in [0.25, 0.3) is 0 Å². The van der Waals surface area contributed by atoms with Gasteiger partial charge in [-0.05, 0) is 60.1 Å². The van der Waals surface area contributed by atoms with Gasteiger partial charge in [0.15, 0.2) is 0 Å². The highest BCUT2D eigenvalue weighted by atomic mass is 79.9.